The van der Waals surface area contributed by atoms with Crippen LogP contribution in [0.1, 0.15) is 11.1 Å². The van der Waals surface area contributed by atoms with Crippen LogP contribution < -0.4 is 14.3 Å². The summed E-state index contributed by atoms with van der Waals surface area (Å²) < 4.78 is 37.7. The van der Waals surface area contributed by atoms with E-state index in [9.17, 15) is 8.42 Å². The van der Waals surface area contributed by atoms with Crippen molar-refractivity contribution in [2.45, 2.75) is 11.5 Å². The molecule has 0 aromatic heterocycles. The van der Waals surface area contributed by atoms with Crippen molar-refractivity contribution in [2.24, 2.45) is 5.10 Å². The predicted molar refractivity (Wildman–Crippen MR) is 138 cm³/mol. The van der Waals surface area contributed by atoms with Crippen LogP contribution in [0.15, 0.2) is 94.9 Å². The standard InChI is InChI=1S/C25H21IN2O4S/c1-31-25-14-19(8-13-24(25)32-17-18-6-10-22(26)11-7-18)16-27-28-33(29,30)23-12-9-20-4-2-3-5-21(20)15-23/h2-16,28H,17H2,1H3. The Morgan fingerprint density at radius 3 is 2.42 bits per heavy atom. The van der Waals surface area contributed by atoms with E-state index in [0.29, 0.717) is 23.7 Å². The van der Waals surface area contributed by atoms with Crippen molar-refractivity contribution in [3.8, 4) is 11.5 Å². The maximum atomic E-state index is 12.6. The van der Waals surface area contributed by atoms with Crippen LogP contribution in [0.3, 0.4) is 0 Å². The monoisotopic (exact) mass is 572 g/mol. The van der Waals surface area contributed by atoms with Crippen LogP contribution in [0.4, 0.5) is 0 Å². The van der Waals surface area contributed by atoms with Gasteiger partial charge in [-0.15, -0.1) is 0 Å². The summed E-state index contributed by atoms with van der Waals surface area (Å²) in [6.07, 6.45) is 1.42. The van der Waals surface area contributed by atoms with Gasteiger partial charge in [-0.1, -0.05) is 42.5 Å². The van der Waals surface area contributed by atoms with E-state index in [1.165, 1.54) is 6.21 Å². The molecule has 4 rings (SSSR count). The third-order valence-corrected chi connectivity index (χ3v) is 6.85. The van der Waals surface area contributed by atoms with Gasteiger partial charge in [-0.2, -0.15) is 13.5 Å². The highest BCUT2D eigenvalue weighted by atomic mass is 127. The van der Waals surface area contributed by atoms with Crippen molar-refractivity contribution >= 4 is 49.6 Å². The maximum Gasteiger partial charge on any atom is 0.276 e. The molecule has 0 spiro atoms. The highest BCUT2D eigenvalue weighted by Gasteiger charge is 2.13. The zero-order valence-corrected chi connectivity index (χ0v) is 20.7. The lowest BCUT2D eigenvalue weighted by atomic mass is 10.1. The minimum atomic E-state index is -3.79. The van der Waals surface area contributed by atoms with Gasteiger partial charge in [-0.05, 0) is 87.0 Å². The Labute approximate surface area is 206 Å². The molecule has 0 saturated heterocycles. The van der Waals surface area contributed by atoms with E-state index in [1.54, 1.807) is 43.5 Å². The number of halogens is 1. The fraction of sp³-hybridized carbons (Fsp3) is 0.0800. The SMILES string of the molecule is COc1cc(C=NNS(=O)(=O)c2ccc3ccccc3c2)ccc1OCc1ccc(I)cc1. The van der Waals surface area contributed by atoms with E-state index in [2.05, 4.69) is 32.5 Å². The van der Waals surface area contributed by atoms with Gasteiger partial charge >= 0.3 is 0 Å². The second-order valence-electron chi connectivity index (χ2n) is 7.19. The molecule has 0 unspecified atom stereocenters. The van der Waals surface area contributed by atoms with Crippen LogP contribution in [-0.2, 0) is 16.6 Å². The van der Waals surface area contributed by atoms with Crippen LogP contribution in [-0.4, -0.2) is 21.7 Å². The molecule has 1 N–H and O–H groups in total. The quantitative estimate of drug-likeness (QED) is 0.176. The van der Waals surface area contributed by atoms with Gasteiger partial charge in [0.15, 0.2) is 11.5 Å². The summed E-state index contributed by atoms with van der Waals surface area (Å²) in [5, 5.41) is 5.73. The molecule has 0 atom stereocenters. The normalized spacial score (nSPS) is 11.6. The summed E-state index contributed by atoms with van der Waals surface area (Å²) in [5.41, 5.74) is 1.71. The first kappa shape index (κ1) is 23.1. The van der Waals surface area contributed by atoms with Crippen molar-refractivity contribution in [1.82, 2.24) is 4.83 Å². The van der Waals surface area contributed by atoms with Crippen LogP contribution >= 0.6 is 22.6 Å². The van der Waals surface area contributed by atoms with Gasteiger partial charge in [-0.25, -0.2) is 4.83 Å². The number of hydrogen-bond donors (Lipinski definition) is 1. The fourth-order valence-electron chi connectivity index (χ4n) is 3.18. The minimum absolute atomic E-state index is 0.148. The average molecular weight is 572 g/mol. The van der Waals surface area contributed by atoms with Gasteiger partial charge in [0.2, 0.25) is 0 Å². The molecule has 33 heavy (non-hydrogen) atoms. The molecular weight excluding hydrogens is 551 g/mol. The first-order chi connectivity index (χ1) is 15.9. The van der Waals surface area contributed by atoms with Crippen molar-refractivity contribution in [3.05, 3.63) is 99.6 Å². The minimum Gasteiger partial charge on any atom is -0.493 e. The Bertz CT molecular complexity index is 1400. The smallest absolute Gasteiger partial charge is 0.276 e. The van der Waals surface area contributed by atoms with Crippen LogP contribution in [0.2, 0.25) is 0 Å². The van der Waals surface area contributed by atoms with E-state index in [4.69, 9.17) is 9.47 Å². The average Bonchev–Trinajstić information content (AvgIpc) is 2.83. The van der Waals surface area contributed by atoms with E-state index >= 15 is 0 Å². The summed E-state index contributed by atoms with van der Waals surface area (Å²) in [6.45, 7) is 0.409. The first-order valence-electron chi connectivity index (χ1n) is 10.0. The van der Waals surface area contributed by atoms with E-state index in [1.807, 2.05) is 48.5 Å². The number of ether oxygens (including phenoxy) is 2. The Hall–Kier alpha value is -3.11. The van der Waals surface area contributed by atoms with Crippen molar-refractivity contribution < 1.29 is 17.9 Å². The van der Waals surface area contributed by atoms with Crippen LogP contribution in [0.5, 0.6) is 11.5 Å². The van der Waals surface area contributed by atoms with Gasteiger partial charge < -0.3 is 9.47 Å². The van der Waals surface area contributed by atoms with Crippen molar-refractivity contribution in [1.29, 1.82) is 0 Å². The van der Waals surface area contributed by atoms with Crippen molar-refractivity contribution in [2.75, 3.05) is 7.11 Å². The second-order valence-corrected chi connectivity index (χ2v) is 10.1. The second kappa shape index (κ2) is 10.2. The summed E-state index contributed by atoms with van der Waals surface area (Å²) >= 11 is 2.26. The zero-order chi connectivity index (χ0) is 23.3. The number of sulfonamides is 1. The van der Waals surface area contributed by atoms with E-state index in [0.717, 1.165) is 19.9 Å². The molecule has 8 heteroatoms. The molecule has 0 bridgehead atoms. The molecule has 0 heterocycles. The summed E-state index contributed by atoms with van der Waals surface area (Å²) in [6, 6.07) is 25.9. The first-order valence-corrected chi connectivity index (χ1v) is 12.6. The van der Waals surface area contributed by atoms with Gasteiger partial charge in [0.25, 0.3) is 10.0 Å². The number of hydrazone groups is 1. The highest BCUT2D eigenvalue weighted by molar-refractivity contribution is 14.1. The number of rotatable bonds is 8. The molecule has 0 aliphatic heterocycles. The molecule has 0 aliphatic rings. The number of hydrogen-bond acceptors (Lipinski definition) is 5. The predicted octanol–water partition coefficient (Wildman–Crippen LogP) is 5.34. The topological polar surface area (TPSA) is 77.0 Å². The van der Waals surface area contributed by atoms with Gasteiger partial charge in [-0.3, -0.25) is 0 Å². The lowest BCUT2D eigenvalue weighted by Gasteiger charge is -2.11. The Kier molecular flexibility index (Phi) is 7.14. The van der Waals surface area contributed by atoms with E-state index in [-0.39, 0.29) is 4.90 Å². The molecule has 0 aliphatic carbocycles. The molecule has 4 aromatic carbocycles. The van der Waals surface area contributed by atoms with Crippen LogP contribution in [0, 0.1) is 3.57 Å². The summed E-state index contributed by atoms with van der Waals surface area (Å²) in [7, 11) is -2.24. The molecule has 4 aromatic rings. The molecule has 0 amide bonds. The number of nitrogens with one attached hydrogen (secondary N) is 1. The summed E-state index contributed by atoms with van der Waals surface area (Å²) in [5.74, 6) is 1.12. The largest absolute Gasteiger partial charge is 0.493 e. The highest BCUT2D eigenvalue weighted by Crippen LogP contribution is 2.28. The molecule has 168 valence electrons. The maximum absolute atomic E-state index is 12.6. The van der Waals surface area contributed by atoms with Gasteiger partial charge in [0, 0.05) is 3.57 Å². The number of fused-ring (bicyclic) bond motifs is 1. The molecule has 0 radical (unpaired) electrons. The summed E-state index contributed by atoms with van der Waals surface area (Å²) in [4.78, 5) is 2.41. The molecule has 0 saturated carbocycles. The Morgan fingerprint density at radius 1 is 0.909 bits per heavy atom. The van der Waals surface area contributed by atoms with Crippen molar-refractivity contribution in [3.63, 3.8) is 0 Å². The Morgan fingerprint density at radius 2 is 1.67 bits per heavy atom. The van der Waals surface area contributed by atoms with Gasteiger partial charge in [0.05, 0.1) is 18.2 Å². The Balaban J connectivity index is 1.44. The van der Waals surface area contributed by atoms with Crippen LogP contribution in [0.25, 0.3) is 10.8 Å². The molecule has 6 nitrogen and oxygen atoms in total. The van der Waals surface area contributed by atoms with E-state index < -0.39 is 10.0 Å². The number of benzene rings is 4. The van der Waals surface area contributed by atoms with Gasteiger partial charge in [0.1, 0.15) is 6.61 Å². The fourth-order valence-corrected chi connectivity index (χ4v) is 4.37. The number of methoxy groups -OCH3 is 1. The zero-order valence-electron chi connectivity index (χ0n) is 17.7. The lowest BCUT2D eigenvalue weighted by Crippen LogP contribution is -2.18. The number of nitrogens with zero attached hydrogens (tertiary/aromatic N) is 1. The lowest BCUT2D eigenvalue weighted by molar-refractivity contribution is 0.284. The third-order valence-electron chi connectivity index (χ3n) is 4.91. The third kappa shape index (κ3) is 5.82. The molecule has 0 fully saturated rings. The molecular formula is C25H21IN2O4S.